The van der Waals surface area contributed by atoms with Gasteiger partial charge in [0.15, 0.2) is 0 Å². The molecule has 0 saturated heterocycles. The fraction of sp³-hybridized carbons (Fsp3) is 0.857. The van der Waals surface area contributed by atoms with Gasteiger partial charge in [0, 0.05) is 13.7 Å². The Morgan fingerprint density at radius 1 is 1.64 bits per heavy atom. The molecule has 0 aromatic rings. The first kappa shape index (κ1) is 10.4. The highest BCUT2D eigenvalue weighted by atomic mass is 16.5. The molecule has 2 N–H and O–H groups in total. The lowest BCUT2D eigenvalue weighted by Gasteiger charge is -2.08. The smallest absolute Gasteiger partial charge is 0.322 e. The van der Waals surface area contributed by atoms with Crippen LogP contribution in [0.1, 0.15) is 13.3 Å². The molecule has 0 aliphatic rings. The quantitative estimate of drug-likeness (QED) is 0.572. The van der Waals surface area contributed by atoms with Crippen LogP contribution < -0.4 is 5.73 Å². The number of carbonyl (C=O) groups excluding carboxylic acids is 1. The van der Waals surface area contributed by atoms with Crippen LogP contribution in [0.25, 0.3) is 0 Å². The molecule has 0 bridgehead atoms. The van der Waals surface area contributed by atoms with Gasteiger partial charge in [-0.15, -0.1) is 0 Å². The van der Waals surface area contributed by atoms with Crippen molar-refractivity contribution in [3.05, 3.63) is 0 Å². The van der Waals surface area contributed by atoms with Crippen molar-refractivity contribution >= 4 is 5.97 Å². The second-order valence-corrected chi connectivity index (χ2v) is 2.14. The van der Waals surface area contributed by atoms with E-state index in [4.69, 9.17) is 10.5 Å². The van der Waals surface area contributed by atoms with Crippen molar-refractivity contribution < 1.29 is 14.3 Å². The second-order valence-electron chi connectivity index (χ2n) is 2.14. The van der Waals surface area contributed by atoms with E-state index in [1.165, 1.54) is 0 Å². The van der Waals surface area contributed by atoms with Crippen LogP contribution in [0.5, 0.6) is 0 Å². The van der Waals surface area contributed by atoms with E-state index in [1.807, 2.05) is 0 Å². The highest BCUT2D eigenvalue weighted by Crippen LogP contribution is 1.91. The number of ether oxygens (including phenoxy) is 2. The van der Waals surface area contributed by atoms with Crippen LogP contribution in [0.3, 0.4) is 0 Å². The van der Waals surface area contributed by atoms with E-state index in [1.54, 1.807) is 14.0 Å². The van der Waals surface area contributed by atoms with Crippen LogP contribution in [-0.2, 0) is 14.3 Å². The summed E-state index contributed by atoms with van der Waals surface area (Å²) in [4.78, 5) is 10.8. The Labute approximate surface area is 66.7 Å². The van der Waals surface area contributed by atoms with Gasteiger partial charge in [0.2, 0.25) is 0 Å². The summed E-state index contributed by atoms with van der Waals surface area (Å²) in [6.07, 6.45) is 0.509. The van der Waals surface area contributed by atoms with Gasteiger partial charge in [-0.1, -0.05) is 0 Å². The van der Waals surface area contributed by atoms with Crippen LogP contribution in [0.15, 0.2) is 0 Å². The summed E-state index contributed by atoms with van der Waals surface area (Å²) in [5, 5.41) is 0. The van der Waals surface area contributed by atoms with Crippen LogP contribution >= 0.6 is 0 Å². The van der Waals surface area contributed by atoms with Gasteiger partial charge >= 0.3 is 5.97 Å². The molecule has 0 spiro atoms. The Hall–Kier alpha value is -0.610. The molecular weight excluding hydrogens is 146 g/mol. The predicted molar refractivity (Wildman–Crippen MR) is 41.1 cm³/mol. The van der Waals surface area contributed by atoms with E-state index in [9.17, 15) is 4.79 Å². The zero-order valence-corrected chi connectivity index (χ0v) is 7.00. The minimum atomic E-state index is -0.546. The number of hydrogen-bond acceptors (Lipinski definition) is 4. The lowest BCUT2D eigenvalue weighted by molar-refractivity contribution is -0.145. The molecule has 4 heteroatoms. The van der Waals surface area contributed by atoms with Gasteiger partial charge in [0.1, 0.15) is 6.04 Å². The van der Waals surface area contributed by atoms with Gasteiger partial charge < -0.3 is 15.2 Å². The molecule has 4 nitrogen and oxygen atoms in total. The van der Waals surface area contributed by atoms with Gasteiger partial charge in [-0.3, -0.25) is 4.79 Å². The maximum Gasteiger partial charge on any atom is 0.322 e. The summed E-state index contributed by atoms with van der Waals surface area (Å²) in [6, 6.07) is -0.546. The maximum atomic E-state index is 10.8. The molecule has 0 saturated carbocycles. The van der Waals surface area contributed by atoms with Crippen LogP contribution in [0.2, 0.25) is 0 Å². The van der Waals surface area contributed by atoms with Crippen molar-refractivity contribution in [2.24, 2.45) is 5.73 Å². The number of hydrogen-bond donors (Lipinski definition) is 1. The molecule has 0 fully saturated rings. The Kier molecular flexibility index (Phi) is 5.78. The molecule has 0 aliphatic heterocycles. The van der Waals surface area contributed by atoms with Gasteiger partial charge in [0.25, 0.3) is 0 Å². The highest BCUT2D eigenvalue weighted by Gasteiger charge is 2.12. The fourth-order valence-electron chi connectivity index (χ4n) is 0.612. The molecule has 0 rings (SSSR count). The Morgan fingerprint density at radius 3 is 2.73 bits per heavy atom. The number of rotatable bonds is 5. The Bertz CT molecular complexity index is 116. The molecule has 66 valence electrons. The van der Waals surface area contributed by atoms with Crippen molar-refractivity contribution in [3.63, 3.8) is 0 Å². The minimum absolute atomic E-state index is 0.357. The van der Waals surface area contributed by atoms with E-state index >= 15 is 0 Å². The third-order valence-electron chi connectivity index (χ3n) is 1.22. The average Bonchev–Trinajstić information content (AvgIpc) is 2.00. The van der Waals surface area contributed by atoms with Crippen LogP contribution in [0.4, 0.5) is 0 Å². The summed E-state index contributed by atoms with van der Waals surface area (Å²) >= 11 is 0. The molecule has 11 heavy (non-hydrogen) atoms. The van der Waals surface area contributed by atoms with Crippen molar-refractivity contribution in [2.45, 2.75) is 19.4 Å². The van der Waals surface area contributed by atoms with Crippen LogP contribution in [0, 0.1) is 0 Å². The van der Waals surface area contributed by atoms with Gasteiger partial charge in [-0.05, 0) is 13.3 Å². The lowest BCUT2D eigenvalue weighted by Crippen LogP contribution is -2.33. The van der Waals surface area contributed by atoms with E-state index in [2.05, 4.69) is 4.74 Å². The zero-order chi connectivity index (χ0) is 8.69. The average molecular weight is 161 g/mol. The molecule has 0 unspecified atom stereocenters. The second kappa shape index (κ2) is 6.12. The SMILES string of the molecule is CCOC(=O)[C@@H](N)CCOC. The number of nitrogens with two attached hydrogens (primary N) is 1. The van der Waals surface area contributed by atoms with E-state index < -0.39 is 6.04 Å². The summed E-state index contributed by atoms with van der Waals surface area (Å²) in [7, 11) is 1.57. The molecule has 0 aromatic heterocycles. The normalized spacial score (nSPS) is 12.6. The first-order valence-electron chi connectivity index (χ1n) is 3.63. The minimum Gasteiger partial charge on any atom is -0.465 e. The topological polar surface area (TPSA) is 61.5 Å². The van der Waals surface area contributed by atoms with Gasteiger partial charge in [-0.2, -0.15) is 0 Å². The maximum absolute atomic E-state index is 10.8. The third-order valence-corrected chi connectivity index (χ3v) is 1.22. The van der Waals surface area contributed by atoms with Crippen molar-refractivity contribution in [2.75, 3.05) is 20.3 Å². The number of esters is 1. The number of carbonyl (C=O) groups is 1. The largest absolute Gasteiger partial charge is 0.465 e. The van der Waals surface area contributed by atoms with E-state index in [-0.39, 0.29) is 5.97 Å². The molecular formula is C7H15NO3. The Morgan fingerprint density at radius 2 is 2.27 bits per heavy atom. The Balaban J connectivity index is 3.46. The van der Waals surface area contributed by atoms with Gasteiger partial charge in [0.05, 0.1) is 6.61 Å². The first-order chi connectivity index (χ1) is 5.22. The van der Waals surface area contributed by atoms with Gasteiger partial charge in [-0.25, -0.2) is 0 Å². The lowest BCUT2D eigenvalue weighted by atomic mass is 10.2. The fourth-order valence-corrected chi connectivity index (χ4v) is 0.612. The summed E-state index contributed by atoms with van der Waals surface area (Å²) in [6.45, 7) is 2.61. The van der Waals surface area contributed by atoms with Crippen molar-refractivity contribution in [1.82, 2.24) is 0 Å². The predicted octanol–water partition coefficient (Wildman–Crippen LogP) is -0.0867. The highest BCUT2D eigenvalue weighted by molar-refractivity contribution is 5.75. The van der Waals surface area contributed by atoms with Crippen molar-refractivity contribution in [1.29, 1.82) is 0 Å². The molecule has 0 amide bonds. The monoisotopic (exact) mass is 161 g/mol. The standard InChI is InChI=1S/C7H15NO3/c1-3-11-7(9)6(8)4-5-10-2/h6H,3-5,8H2,1-2H3/t6-/m0/s1. The molecule has 1 atom stereocenters. The first-order valence-corrected chi connectivity index (χ1v) is 3.63. The summed E-state index contributed by atoms with van der Waals surface area (Å²) < 4.78 is 9.43. The van der Waals surface area contributed by atoms with Crippen LogP contribution in [-0.4, -0.2) is 32.3 Å². The third kappa shape index (κ3) is 4.75. The molecule has 0 aromatic carbocycles. The molecule has 0 aliphatic carbocycles. The zero-order valence-electron chi connectivity index (χ0n) is 7.00. The van der Waals surface area contributed by atoms with E-state index in [0.717, 1.165) is 0 Å². The van der Waals surface area contributed by atoms with E-state index in [0.29, 0.717) is 19.6 Å². The van der Waals surface area contributed by atoms with Crippen molar-refractivity contribution in [3.8, 4) is 0 Å². The summed E-state index contributed by atoms with van der Waals surface area (Å²) in [5.74, 6) is -0.357. The molecule has 0 radical (unpaired) electrons. The summed E-state index contributed by atoms with van der Waals surface area (Å²) in [5.41, 5.74) is 5.43. The number of methoxy groups -OCH3 is 1. The molecule has 0 heterocycles.